The van der Waals surface area contributed by atoms with Crippen molar-refractivity contribution < 1.29 is 22.4 Å². The molecule has 7 nitrogen and oxygen atoms in total. The summed E-state index contributed by atoms with van der Waals surface area (Å²) in [6.45, 7) is 4.27. The zero-order chi connectivity index (χ0) is 23.3. The second-order valence-corrected chi connectivity index (χ2v) is 9.93. The first-order valence-electron chi connectivity index (χ1n) is 10.6. The van der Waals surface area contributed by atoms with Crippen LogP contribution in [0.15, 0.2) is 47.4 Å². The number of sulfonamides is 1. The summed E-state index contributed by atoms with van der Waals surface area (Å²) in [5, 5.41) is 5.19. The van der Waals surface area contributed by atoms with E-state index in [2.05, 4.69) is 10.6 Å². The van der Waals surface area contributed by atoms with Crippen LogP contribution >= 0.6 is 0 Å². The maximum absolute atomic E-state index is 13.2. The molecule has 2 aromatic carbocycles. The van der Waals surface area contributed by atoms with Crippen molar-refractivity contribution in [2.45, 2.75) is 50.5 Å². The van der Waals surface area contributed by atoms with Crippen LogP contribution in [0.2, 0.25) is 0 Å². The molecule has 1 fully saturated rings. The molecular weight excluding hydrogens is 433 g/mol. The SMILES string of the molecule is Cc1ccc(C)c(NC(=O)C(=O)NCC[C@@H]2CCCCN2S(=O)(=O)c2ccc(F)cc2)c1. The van der Waals surface area contributed by atoms with E-state index < -0.39 is 27.7 Å². The van der Waals surface area contributed by atoms with Crippen LogP contribution in [0.1, 0.15) is 36.8 Å². The molecule has 1 saturated heterocycles. The molecule has 2 N–H and O–H groups in total. The first-order valence-corrected chi connectivity index (χ1v) is 12.1. The van der Waals surface area contributed by atoms with Crippen LogP contribution in [0.25, 0.3) is 0 Å². The van der Waals surface area contributed by atoms with Crippen LogP contribution in [0.5, 0.6) is 0 Å². The predicted octanol–water partition coefficient (Wildman–Crippen LogP) is 3.13. The fourth-order valence-corrected chi connectivity index (χ4v) is 5.53. The highest BCUT2D eigenvalue weighted by Gasteiger charge is 2.33. The lowest BCUT2D eigenvalue weighted by molar-refractivity contribution is -0.136. The Bertz CT molecular complexity index is 1090. The maximum Gasteiger partial charge on any atom is 0.313 e. The molecule has 3 rings (SSSR count). The van der Waals surface area contributed by atoms with Gasteiger partial charge in [0, 0.05) is 24.8 Å². The van der Waals surface area contributed by atoms with Crippen molar-refractivity contribution in [3.05, 3.63) is 59.4 Å². The fraction of sp³-hybridized carbons (Fsp3) is 0.391. The number of carbonyl (C=O) groups excluding carboxylic acids is 2. The molecule has 0 bridgehead atoms. The van der Waals surface area contributed by atoms with Crippen LogP contribution in [0.3, 0.4) is 0 Å². The Morgan fingerprint density at radius 3 is 2.50 bits per heavy atom. The molecule has 9 heteroatoms. The molecule has 0 aromatic heterocycles. The standard InChI is InChI=1S/C23H28FN3O4S/c1-16-6-7-17(2)21(15-16)26-23(29)22(28)25-13-12-19-5-3-4-14-27(19)32(30,31)20-10-8-18(24)9-11-20/h6-11,15,19H,3-5,12-14H2,1-2H3,(H,25,28)(H,26,29)/t19-/m0/s1. The predicted molar refractivity (Wildman–Crippen MR) is 120 cm³/mol. The molecule has 0 radical (unpaired) electrons. The van der Waals surface area contributed by atoms with Crippen molar-refractivity contribution in [1.82, 2.24) is 9.62 Å². The number of hydrogen-bond acceptors (Lipinski definition) is 4. The van der Waals surface area contributed by atoms with Crippen molar-refractivity contribution in [1.29, 1.82) is 0 Å². The molecular formula is C23H28FN3O4S. The molecule has 1 atom stereocenters. The number of hydrogen-bond donors (Lipinski definition) is 2. The van der Waals surface area contributed by atoms with E-state index in [9.17, 15) is 22.4 Å². The second-order valence-electron chi connectivity index (χ2n) is 8.04. The molecule has 1 aliphatic rings. The van der Waals surface area contributed by atoms with Crippen LogP contribution in [0.4, 0.5) is 10.1 Å². The number of rotatable bonds is 6. The summed E-state index contributed by atoms with van der Waals surface area (Å²) in [4.78, 5) is 24.5. The third-order valence-electron chi connectivity index (χ3n) is 5.60. The monoisotopic (exact) mass is 461 g/mol. The van der Waals surface area contributed by atoms with Crippen molar-refractivity contribution in [2.24, 2.45) is 0 Å². The molecule has 1 heterocycles. The lowest BCUT2D eigenvalue weighted by Crippen LogP contribution is -2.45. The highest BCUT2D eigenvalue weighted by molar-refractivity contribution is 7.89. The fourth-order valence-electron chi connectivity index (χ4n) is 3.80. The number of amides is 2. The van der Waals surface area contributed by atoms with E-state index in [1.54, 1.807) is 6.07 Å². The smallest absolute Gasteiger partial charge is 0.313 e. The molecule has 172 valence electrons. The van der Waals surface area contributed by atoms with Crippen LogP contribution in [-0.4, -0.2) is 43.7 Å². The molecule has 1 aliphatic heterocycles. The van der Waals surface area contributed by atoms with Gasteiger partial charge < -0.3 is 10.6 Å². The second kappa shape index (κ2) is 10.2. The number of nitrogens with zero attached hydrogens (tertiary/aromatic N) is 1. The first kappa shape index (κ1) is 23.9. The van der Waals surface area contributed by atoms with Gasteiger partial charge in [-0.3, -0.25) is 9.59 Å². The van der Waals surface area contributed by atoms with Crippen molar-refractivity contribution in [2.75, 3.05) is 18.4 Å². The highest BCUT2D eigenvalue weighted by Crippen LogP contribution is 2.27. The largest absolute Gasteiger partial charge is 0.348 e. The van der Waals surface area contributed by atoms with Crippen LogP contribution in [-0.2, 0) is 19.6 Å². The number of nitrogens with one attached hydrogen (secondary N) is 2. The number of carbonyl (C=O) groups is 2. The summed E-state index contributed by atoms with van der Waals surface area (Å²) in [6.07, 6.45) is 2.65. The quantitative estimate of drug-likeness (QED) is 0.646. The Morgan fingerprint density at radius 1 is 1.06 bits per heavy atom. The van der Waals surface area contributed by atoms with E-state index in [1.165, 1.54) is 16.4 Å². The third kappa shape index (κ3) is 5.72. The summed E-state index contributed by atoms with van der Waals surface area (Å²) < 4.78 is 40.7. The highest BCUT2D eigenvalue weighted by atomic mass is 32.2. The summed E-state index contributed by atoms with van der Waals surface area (Å²) >= 11 is 0. The number of anilines is 1. The molecule has 0 spiro atoms. The molecule has 0 aliphatic carbocycles. The van der Waals surface area contributed by atoms with Gasteiger partial charge in [0.25, 0.3) is 0 Å². The van der Waals surface area contributed by atoms with Gasteiger partial charge in [-0.2, -0.15) is 4.31 Å². The van der Waals surface area contributed by atoms with Gasteiger partial charge in [-0.15, -0.1) is 0 Å². The third-order valence-corrected chi connectivity index (χ3v) is 7.57. The normalized spacial score (nSPS) is 17.0. The van der Waals surface area contributed by atoms with E-state index in [4.69, 9.17) is 0 Å². The van der Waals surface area contributed by atoms with Gasteiger partial charge in [-0.25, -0.2) is 12.8 Å². The Morgan fingerprint density at radius 2 is 1.78 bits per heavy atom. The number of halogens is 1. The minimum Gasteiger partial charge on any atom is -0.348 e. The Kier molecular flexibility index (Phi) is 7.63. The summed E-state index contributed by atoms with van der Waals surface area (Å²) in [5.41, 5.74) is 2.39. The van der Waals surface area contributed by atoms with Crippen LogP contribution in [0, 0.1) is 19.7 Å². The molecule has 2 aromatic rings. The lowest BCUT2D eigenvalue weighted by atomic mass is 10.0. The Hall–Kier alpha value is -2.78. The topological polar surface area (TPSA) is 95.6 Å². The molecule has 0 saturated carbocycles. The van der Waals surface area contributed by atoms with Gasteiger partial charge in [0.05, 0.1) is 4.90 Å². The van der Waals surface area contributed by atoms with E-state index in [0.717, 1.165) is 36.1 Å². The van der Waals surface area contributed by atoms with Gasteiger partial charge in [0.2, 0.25) is 10.0 Å². The van der Waals surface area contributed by atoms with Crippen molar-refractivity contribution >= 4 is 27.5 Å². The van der Waals surface area contributed by atoms with Gasteiger partial charge in [-0.05, 0) is 74.6 Å². The van der Waals surface area contributed by atoms with Gasteiger partial charge in [0.1, 0.15) is 5.82 Å². The van der Waals surface area contributed by atoms with E-state index in [0.29, 0.717) is 25.1 Å². The first-order chi connectivity index (χ1) is 15.2. The number of aryl methyl sites for hydroxylation is 2. The molecule has 2 amide bonds. The van der Waals surface area contributed by atoms with Gasteiger partial charge in [0.15, 0.2) is 0 Å². The zero-order valence-electron chi connectivity index (χ0n) is 18.2. The van der Waals surface area contributed by atoms with E-state index in [-0.39, 0.29) is 17.5 Å². The summed E-state index contributed by atoms with van der Waals surface area (Å²) in [7, 11) is -3.77. The van der Waals surface area contributed by atoms with Gasteiger partial charge in [-0.1, -0.05) is 18.6 Å². The van der Waals surface area contributed by atoms with Crippen LogP contribution < -0.4 is 10.6 Å². The Labute approximate surface area is 188 Å². The minimum absolute atomic E-state index is 0.0442. The molecule has 32 heavy (non-hydrogen) atoms. The number of piperidine rings is 1. The Balaban J connectivity index is 1.58. The van der Waals surface area contributed by atoms with Crippen molar-refractivity contribution in [3.63, 3.8) is 0 Å². The summed E-state index contributed by atoms with van der Waals surface area (Å²) in [5.74, 6) is -2.03. The summed E-state index contributed by atoms with van der Waals surface area (Å²) in [6, 6.07) is 10.0. The van der Waals surface area contributed by atoms with E-state index >= 15 is 0 Å². The lowest BCUT2D eigenvalue weighted by Gasteiger charge is -2.34. The van der Waals surface area contributed by atoms with Gasteiger partial charge >= 0.3 is 11.8 Å². The van der Waals surface area contributed by atoms with E-state index in [1.807, 2.05) is 26.0 Å². The average Bonchev–Trinajstić information content (AvgIpc) is 2.76. The number of benzene rings is 2. The minimum atomic E-state index is -3.77. The molecule has 0 unspecified atom stereocenters. The zero-order valence-corrected chi connectivity index (χ0v) is 19.0. The maximum atomic E-state index is 13.2. The van der Waals surface area contributed by atoms with Crippen molar-refractivity contribution in [3.8, 4) is 0 Å². The average molecular weight is 462 g/mol.